The van der Waals surface area contributed by atoms with Crippen LogP contribution in [0.5, 0.6) is 0 Å². The molecule has 0 bridgehead atoms. The van der Waals surface area contributed by atoms with Crippen LogP contribution in [0.3, 0.4) is 0 Å². The van der Waals surface area contributed by atoms with Crippen LogP contribution in [-0.2, 0) is 14.8 Å². The van der Waals surface area contributed by atoms with Crippen LogP contribution >= 0.6 is 0 Å². The molecule has 0 N–H and O–H groups in total. The highest BCUT2D eigenvalue weighted by atomic mass is 32.2. The zero-order valence-electron chi connectivity index (χ0n) is 13.4. The topological polar surface area (TPSA) is 66.9 Å². The standard InChI is InChI=1S/C15H20FN2O4S/c1-15(2,3)22-14(19)17-8-10-18(11-9-17)23(20,21)13-7-5-4-6-12(13)16/h4,6-7H,8-11H2,1-3H3. The minimum atomic E-state index is -3.93. The normalized spacial score (nSPS) is 17.1. The number of carbonyl (C=O) groups excluding carboxylic acids is 1. The second-order valence-corrected chi connectivity index (χ2v) is 8.13. The van der Waals surface area contributed by atoms with E-state index >= 15 is 0 Å². The van der Waals surface area contributed by atoms with Crippen molar-refractivity contribution in [3.05, 3.63) is 30.1 Å². The summed E-state index contributed by atoms with van der Waals surface area (Å²) >= 11 is 0. The predicted molar refractivity (Wildman–Crippen MR) is 81.8 cm³/mol. The van der Waals surface area contributed by atoms with Gasteiger partial charge < -0.3 is 9.64 Å². The average Bonchev–Trinajstić information content (AvgIpc) is 2.46. The quantitative estimate of drug-likeness (QED) is 0.822. The Morgan fingerprint density at radius 3 is 2.39 bits per heavy atom. The summed E-state index contributed by atoms with van der Waals surface area (Å²) in [7, 11) is -3.93. The Labute approximate surface area is 135 Å². The number of ether oxygens (including phenoxy) is 1. The molecule has 0 aromatic heterocycles. The Morgan fingerprint density at radius 1 is 1.26 bits per heavy atom. The molecule has 23 heavy (non-hydrogen) atoms. The summed E-state index contributed by atoms with van der Waals surface area (Å²) < 4.78 is 45.0. The van der Waals surface area contributed by atoms with Crippen LogP contribution < -0.4 is 0 Å². The molecule has 1 aromatic carbocycles. The molecule has 1 amide bonds. The van der Waals surface area contributed by atoms with Gasteiger partial charge in [0.2, 0.25) is 10.0 Å². The van der Waals surface area contributed by atoms with Crippen molar-refractivity contribution in [2.24, 2.45) is 0 Å². The summed E-state index contributed by atoms with van der Waals surface area (Å²) in [6, 6.07) is 6.06. The molecule has 0 spiro atoms. The van der Waals surface area contributed by atoms with E-state index in [-0.39, 0.29) is 26.2 Å². The molecule has 0 unspecified atom stereocenters. The van der Waals surface area contributed by atoms with Crippen molar-refractivity contribution >= 4 is 16.1 Å². The van der Waals surface area contributed by atoms with E-state index in [4.69, 9.17) is 4.74 Å². The van der Waals surface area contributed by atoms with Gasteiger partial charge in [-0.25, -0.2) is 17.6 Å². The van der Waals surface area contributed by atoms with Crippen molar-refractivity contribution in [3.8, 4) is 0 Å². The highest BCUT2D eigenvalue weighted by Gasteiger charge is 2.33. The molecule has 1 aliphatic rings. The smallest absolute Gasteiger partial charge is 0.410 e. The first-order valence-corrected chi connectivity index (χ1v) is 8.69. The number of amides is 1. The molecule has 1 saturated heterocycles. The van der Waals surface area contributed by atoms with Gasteiger partial charge in [0.05, 0.1) is 0 Å². The summed E-state index contributed by atoms with van der Waals surface area (Å²) in [5.41, 5.74) is -0.608. The summed E-state index contributed by atoms with van der Waals surface area (Å²) in [5.74, 6) is -0.807. The summed E-state index contributed by atoms with van der Waals surface area (Å²) in [6.07, 6.45) is -0.478. The minimum Gasteiger partial charge on any atom is -0.444 e. The van der Waals surface area contributed by atoms with Crippen LogP contribution in [0.4, 0.5) is 9.18 Å². The number of hydrogen-bond acceptors (Lipinski definition) is 4. The number of benzene rings is 1. The Bertz CT molecular complexity index is 677. The van der Waals surface area contributed by atoms with E-state index < -0.39 is 32.4 Å². The number of nitrogens with zero attached hydrogens (tertiary/aromatic N) is 2. The van der Waals surface area contributed by atoms with E-state index in [2.05, 4.69) is 6.07 Å². The second kappa shape index (κ2) is 6.45. The molecule has 1 heterocycles. The van der Waals surface area contributed by atoms with Crippen molar-refractivity contribution < 1.29 is 22.3 Å². The Morgan fingerprint density at radius 2 is 1.87 bits per heavy atom. The van der Waals surface area contributed by atoms with Gasteiger partial charge in [0.15, 0.2) is 0 Å². The van der Waals surface area contributed by atoms with Gasteiger partial charge in [-0.15, -0.1) is 0 Å². The van der Waals surface area contributed by atoms with Crippen LogP contribution in [0.1, 0.15) is 20.8 Å². The molecule has 0 saturated carbocycles. The van der Waals surface area contributed by atoms with Crippen molar-refractivity contribution in [3.63, 3.8) is 0 Å². The third-order valence-electron chi connectivity index (χ3n) is 3.28. The zero-order chi connectivity index (χ0) is 17.3. The van der Waals surface area contributed by atoms with E-state index in [0.29, 0.717) is 0 Å². The first-order chi connectivity index (χ1) is 10.6. The zero-order valence-corrected chi connectivity index (χ0v) is 14.2. The number of piperazine rings is 1. The van der Waals surface area contributed by atoms with E-state index in [1.54, 1.807) is 20.8 Å². The number of halogens is 1. The lowest BCUT2D eigenvalue weighted by molar-refractivity contribution is 0.0192. The van der Waals surface area contributed by atoms with Gasteiger partial charge in [0.25, 0.3) is 0 Å². The lowest BCUT2D eigenvalue weighted by Crippen LogP contribution is -2.51. The van der Waals surface area contributed by atoms with E-state index in [0.717, 1.165) is 12.1 Å². The number of rotatable bonds is 2. The molecule has 1 aliphatic heterocycles. The van der Waals surface area contributed by atoms with E-state index in [1.165, 1.54) is 15.3 Å². The Balaban J connectivity index is 2.04. The van der Waals surface area contributed by atoms with Crippen molar-refractivity contribution in [2.75, 3.05) is 26.2 Å². The molecule has 1 fully saturated rings. The largest absolute Gasteiger partial charge is 0.444 e. The maximum atomic E-state index is 13.7. The highest BCUT2D eigenvalue weighted by molar-refractivity contribution is 7.89. The van der Waals surface area contributed by atoms with Gasteiger partial charge in [0, 0.05) is 26.2 Å². The third-order valence-corrected chi connectivity index (χ3v) is 5.20. The fourth-order valence-corrected chi connectivity index (χ4v) is 3.62. The van der Waals surface area contributed by atoms with Crippen LogP contribution in [0.2, 0.25) is 0 Å². The van der Waals surface area contributed by atoms with Gasteiger partial charge in [-0.2, -0.15) is 4.31 Å². The fraction of sp³-hybridized carbons (Fsp3) is 0.533. The maximum absolute atomic E-state index is 13.7. The van der Waals surface area contributed by atoms with Crippen LogP contribution in [0.25, 0.3) is 0 Å². The number of sulfonamides is 1. The first kappa shape index (κ1) is 17.7. The van der Waals surface area contributed by atoms with E-state index in [1.807, 2.05) is 0 Å². The van der Waals surface area contributed by atoms with Gasteiger partial charge in [-0.3, -0.25) is 0 Å². The molecule has 6 nitrogen and oxygen atoms in total. The summed E-state index contributed by atoms with van der Waals surface area (Å²) in [4.78, 5) is 13.0. The average molecular weight is 343 g/mol. The first-order valence-electron chi connectivity index (χ1n) is 7.25. The Kier molecular flexibility index (Phi) is 4.95. The summed E-state index contributed by atoms with van der Waals surface area (Å²) in [5, 5.41) is 0. The number of hydrogen-bond donors (Lipinski definition) is 0. The highest BCUT2D eigenvalue weighted by Crippen LogP contribution is 2.21. The molecular weight excluding hydrogens is 323 g/mol. The van der Waals surface area contributed by atoms with Gasteiger partial charge in [-0.05, 0) is 39.0 Å². The molecule has 2 rings (SSSR count). The fourth-order valence-electron chi connectivity index (χ4n) is 2.17. The predicted octanol–water partition coefficient (Wildman–Crippen LogP) is 1.87. The molecule has 8 heteroatoms. The molecule has 1 aromatic rings. The van der Waals surface area contributed by atoms with Gasteiger partial charge in [-0.1, -0.05) is 6.07 Å². The Hall–Kier alpha value is -1.67. The lowest BCUT2D eigenvalue weighted by Gasteiger charge is -2.34. The van der Waals surface area contributed by atoms with Gasteiger partial charge in [0.1, 0.15) is 16.3 Å². The minimum absolute atomic E-state index is 0.0932. The van der Waals surface area contributed by atoms with Crippen LogP contribution in [-0.4, -0.2) is 55.5 Å². The van der Waals surface area contributed by atoms with Crippen molar-refractivity contribution in [2.45, 2.75) is 31.3 Å². The van der Waals surface area contributed by atoms with Crippen LogP contribution in [0, 0.1) is 11.9 Å². The van der Waals surface area contributed by atoms with Crippen molar-refractivity contribution in [1.29, 1.82) is 0 Å². The molecule has 0 atom stereocenters. The molecule has 0 aliphatic carbocycles. The molecule has 1 radical (unpaired) electrons. The molecular formula is C15H20FN2O4S. The monoisotopic (exact) mass is 343 g/mol. The van der Waals surface area contributed by atoms with E-state index in [9.17, 15) is 17.6 Å². The van der Waals surface area contributed by atoms with Crippen molar-refractivity contribution in [1.82, 2.24) is 9.21 Å². The molecule has 127 valence electrons. The maximum Gasteiger partial charge on any atom is 0.410 e. The van der Waals surface area contributed by atoms with Crippen LogP contribution in [0.15, 0.2) is 23.1 Å². The number of carbonyl (C=O) groups is 1. The summed E-state index contributed by atoms with van der Waals surface area (Å²) in [6.45, 7) is 5.88. The SMILES string of the molecule is CC(C)(C)OC(=O)N1CCN(S(=O)(=O)c2c[c]ccc2F)CC1. The van der Waals surface area contributed by atoms with Gasteiger partial charge >= 0.3 is 6.09 Å². The third kappa shape index (κ3) is 4.20. The lowest BCUT2D eigenvalue weighted by atomic mass is 10.2. The second-order valence-electron chi connectivity index (χ2n) is 6.23.